The second-order valence-corrected chi connectivity index (χ2v) is 11.3. The average molecular weight is 668 g/mol. The van der Waals surface area contributed by atoms with Crippen molar-refractivity contribution in [2.45, 2.75) is 50.2 Å². The highest BCUT2D eigenvalue weighted by molar-refractivity contribution is 5.96. The van der Waals surface area contributed by atoms with Crippen molar-refractivity contribution in [1.82, 2.24) is 24.4 Å². The largest absolute Gasteiger partial charge is 0.489 e. The van der Waals surface area contributed by atoms with E-state index in [0.717, 1.165) is 5.56 Å². The van der Waals surface area contributed by atoms with Crippen molar-refractivity contribution in [3.8, 4) is 5.75 Å². The Hall–Kier alpha value is -5.90. The summed E-state index contributed by atoms with van der Waals surface area (Å²) < 4.78 is 18.3. The summed E-state index contributed by atoms with van der Waals surface area (Å²) in [7, 11) is 0. The predicted molar refractivity (Wildman–Crippen MR) is 173 cm³/mol. The number of aliphatic carboxylic acids is 1. The van der Waals surface area contributed by atoms with E-state index in [1.165, 1.54) is 17.2 Å². The fraction of sp³-hybridized carbons (Fsp3) is 0.235. The van der Waals surface area contributed by atoms with Crippen LogP contribution in [0.1, 0.15) is 22.9 Å². The minimum atomic E-state index is -1.88. The van der Waals surface area contributed by atoms with E-state index in [9.17, 15) is 24.6 Å². The van der Waals surface area contributed by atoms with Crippen LogP contribution in [-0.2, 0) is 38.7 Å². The van der Waals surface area contributed by atoms with Crippen LogP contribution in [0.4, 0.5) is 10.6 Å². The third-order valence-electron chi connectivity index (χ3n) is 8.02. The number of amides is 2. The molecule has 0 radical (unpaired) electrons. The molecule has 15 nitrogen and oxygen atoms in total. The monoisotopic (exact) mass is 667 g/mol. The number of carbonyl (C=O) groups excluding carboxylic acids is 2. The highest BCUT2D eigenvalue weighted by atomic mass is 16.6. The maximum Gasteiger partial charge on any atom is 0.417 e. The number of benzene rings is 3. The molecule has 5 aromatic rings. The fourth-order valence-electron chi connectivity index (χ4n) is 5.57. The molecule has 1 aliphatic heterocycles. The normalized spacial score (nSPS) is 19.3. The van der Waals surface area contributed by atoms with E-state index in [-0.39, 0.29) is 30.0 Å². The van der Waals surface area contributed by atoms with E-state index < -0.39 is 48.5 Å². The molecule has 3 heterocycles. The molecule has 6 rings (SSSR count). The quantitative estimate of drug-likeness (QED) is 0.159. The molecule has 0 aliphatic carbocycles. The number of carboxylic acid groups (broad SMARTS) is 1. The second-order valence-electron chi connectivity index (χ2n) is 11.3. The molecule has 0 unspecified atom stereocenters. The van der Waals surface area contributed by atoms with Crippen LogP contribution in [0.2, 0.25) is 0 Å². The van der Waals surface area contributed by atoms with Gasteiger partial charge in [0.15, 0.2) is 23.8 Å². The van der Waals surface area contributed by atoms with Crippen LogP contribution in [0.3, 0.4) is 0 Å². The van der Waals surface area contributed by atoms with Crippen molar-refractivity contribution >= 4 is 35.0 Å². The molecule has 1 aliphatic rings. The van der Waals surface area contributed by atoms with Crippen LogP contribution in [0.25, 0.3) is 11.2 Å². The number of rotatable bonds is 11. The zero-order valence-corrected chi connectivity index (χ0v) is 26.0. The lowest BCUT2D eigenvalue weighted by Crippen LogP contribution is -2.59. The Labute approximate surface area is 279 Å². The number of aromatic nitrogens is 4. The maximum absolute atomic E-state index is 14.0. The molecule has 49 heavy (non-hydrogen) atoms. The maximum atomic E-state index is 14.0. The predicted octanol–water partition coefficient (Wildman–Crippen LogP) is 2.43. The standard InChI is InChI=1S/C34H33N7O8/c35-24(15-20-11-13-23(14-12-20)47-16-21-7-3-1-4-8-21)31(43)41(34(46)48-17-22-9-5-2-6-10-22)26-27(42)32(49-28(26)33(44)45)40-19-39-25-29(36)37-18-38-30(25)40/h1-14,18-19,24,26-28,32,42H,15-17,35H2,(H,44,45)(H2,36,37,38)/t24-,26-,27+,28-,32+/m0/s1. The molecule has 1 fully saturated rings. The first-order valence-corrected chi connectivity index (χ1v) is 15.3. The summed E-state index contributed by atoms with van der Waals surface area (Å²) in [6.45, 7) is 0.126. The number of anilines is 1. The van der Waals surface area contributed by atoms with Crippen LogP contribution >= 0.6 is 0 Å². The average Bonchev–Trinajstić information content (AvgIpc) is 3.70. The number of aliphatic hydroxyl groups excluding tert-OH is 1. The van der Waals surface area contributed by atoms with Gasteiger partial charge in [0.1, 0.15) is 43.0 Å². The summed E-state index contributed by atoms with van der Waals surface area (Å²) >= 11 is 0. The number of carboxylic acids is 1. The Morgan fingerprint density at radius 1 is 0.898 bits per heavy atom. The van der Waals surface area contributed by atoms with Gasteiger partial charge in [-0.3, -0.25) is 9.36 Å². The van der Waals surface area contributed by atoms with Crippen molar-refractivity contribution in [2.24, 2.45) is 5.73 Å². The first kappa shape index (κ1) is 33.0. The van der Waals surface area contributed by atoms with Crippen LogP contribution < -0.4 is 16.2 Å². The molecular weight excluding hydrogens is 634 g/mol. The summed E-state index contributed by atoms with van der Waals surface area (Å²) in [5.74, 6) is -1.88. The Bertz CT molecular complexity index is 1920. The van der Waals surface area contributed by atoms with E-state index in [1.54, 1.807) is 54.6 Å². The number of imidazole rings is 1. The Kier molecular flexibility index (Phi) is 9.75. The number of aliphatic hydroxyl groups is 1. The third-order valence-corrected chi connectivity index (χ3v) is 8.02. The van der Waals surface area contributed by atoms with Crippen molar-refractivity contribution in [3.63, 3.8) is 0 Å². The third kappa shape index (κ3) is 7.18. The molecule has 0 saturated carbocycles. The fourth-order valence-corrected chi connectivity index (χ4v) is 5.57. The molecule has 0 spiro atoms. The molecule has 252 valence electrons. The minimum absolute atomic E-state index is 0.0343. The molecule has 15 heteroatoms. The van der Waals surface area contributed by atoms with Crippen LogP contribution in [0.15, 0.2) is 97.6 Å². The summed E-state index contributed by atoms with van der Waals surface area (Å²) in [4.78, 5) is 53.0. The zero-order valence-electron chi connectivity index (χ0n) is 26.0. The molecular formula is C34H33N7O8. The van der Waals surface area contributed by atoms with E-state index in [2.05, 4.69) is 15.0 Å². The van der Waals surface area contributed by atoms with Gasteiger partial charge in [0.25, 0.3) is 0 Å². The number of nitrogen functional groups attached to an aromatic ring is 1. The smallest absolute Gasteiger partial charge is 0.417 e. The van der Waals surface area contributed by atoms with Gasteiger partial charge in [-0.2, -0.15) is 0 Å². The molecule has 2 aromatic heterocycles. The van der Waals surface area contributed by atoms with Gasteiger partial charge in [-0.25, -0.2) is 29.4 Å². The van der Waals surface area contributed by atoms with Crippen molar-refractivity contribution in [3.05, 3.63) is 114 Å². The van der Waals surface area contributed by atoms with Crippen molar-refractivity contribution in [2.75, 3.05) is 5.73 Å². The number of hydrogen-bond donors (Lipinski definition) is 4. The highest BCUT2D eigenvalue weighted by Crippen LogP contribution is 2.36. The number of fused-ring (bicyclic) bond motifs is 1. The summed E-state index contributed by atoms with van der Waals surface area (Å²) in [6.07, 6.45) is -3.94. The first-order chi connectivity index (χ1) is 23.7. The second kappa shape index (κ2) is 14.5. The topological polar surface area (TPSA) is 218 Å². The number of ether oxygens (including phenoxy) is 3. The van der Waals surface area contributed by atoms with Crippen LogP contribution in [0.5, 0.6) is 5.75 Å². The lowest BCUT2D eigenvalue weighted by Gasteiger charge is -2.31. The van der Waals surface area contributed by atoms with E-state index in [1.807, 2.05) is 30.3 Å². The number of imide groups is 1. The SMILES string of the molecule is Nc1ncnc2c1ncn2[C@@H]1O[C@H](C(=O)O)[C@@H](N(C(=O)OCc2ccccc2)C(=O)[C@@H](N)Cc2ccc(OCc3ccccc3)cc2)[C@H]1O. The lowest BCUT2D eigenvalue weighted by atomic mass is 10.0. The molecule has 0 bridgehead atoms. The number of hydrogen-bond acceptors (Lipinski definition) is 12. The van der Waals surface area contributed by atoms with Gasteiger partial charge in [0, 0.05) is 0 Å². The van der Waals surface area contributed by atoms with E-state index in [4.69, 9.17) is 25.7 Å². The van der Waals surface area contributed by atoms with Gasteiger partial charge in [-0.15, -0.1) is 0 Å². The molecule has 3 aromatic carbocycles. The van der Waals surface area contributed by atoms with Crippen molar-refractivity contribution < 1.29 is 38.8 Å². The van der Waals surface area contributed by atoms with Gasteiger partial charge in [0.05, 0.1) is 12.4 Å². The van der Waals surface area contributed by atoms with Crippen LogP contribution in [-0.4, -0.2) is 76.9 Å². The Morgan fingerprint density at radius 3 is 2.20 bits per heavy atom. The molecule has 2 amide bonds. The van der Waals surface area contributed by atoms with Gasteiger partial charge >= 0.3 is 12.1 Å². The summed E-state index contributed by atoms with van der Waals surface area (Å²) in [6, 6.07) is 22.1. The van der Waals surface area contributed by atoms with Crippen molar-refractivity contribution in [1.29, 1.82) is 0 Å². The molecule has 5 atom stereocenters. The van der Waals surface area contributed by atoms with Gasteiger partial charge in [0.2, 0.25) is 5.91 Å². The number of nitrogens with zero attached hydrogens (tertiary/aromatic N) is 5. The van der Waals surface area contributed by atoms with Gasteiger partial charge in [-0.1, -0.05) is 72.8 Å². The Morgan fingerprint density at radius 2 is 1.55 bits per heavy atom. The number of carbonyl (C=O) groups is 3. The zero-order chi connectivity index (χ0) is 34.5. The first-order valence-electron chi connectivity index (χ1n) is 15.3. The van der Waals surface area contributed by atoms with E-state index in [0.29, 0.717) is 28.4 Å². The number of nitrogens with two attached hydrogens (primary N) is 2. The van der Waals surface area contributed by atoms with E-state index >= 15 is 0 Å². The highest BCUT2D eigenvalue weighted by Gasteiger charge is 2.55. The van der Waals surface area contributed by atoms with Gasteiger partial charge in [-0.05, 0) is 35.2 Å². The summed E-state index contributed by atoms with van der Waals surface area (Å²) in [5, 5.41) is 21.8. The summed E-state index contributed by atoms with van der Waals surface area (Å²) in [5.41, 5.74) is 14.8. The van der Waals surface area contributed by atoms with Crippen LogP contribution in [0, 0.1) is 0 Å². The minimum Gasteiger partial charge on any atom is -0.489 e. The molecule has 1 saturated heterocycles. The van der Waals surface area contributed by atoms with Gasteiger partial charge < -0.3 is 35.9 Å². The Balaban J connectivity index is 1.25. The molecule has 6 N–H and O–H groups in total. The lowest BCUT2D eigenvalue weighted by molar-refractivity contribution is -0.154.